The minimum atomic E-state index is -1.49. The first-order chi connectivity index (χ1) is 13.2. The number of rotatable bonds is 1. The molecular weight excluding hydrogens is 336 g/mol. The number of carbonyl (C=O) groups is 1. The van der Waals surface area contributed by atoms with E-state index in [0.717, 1.165) is 36.2 Å². The van der Waals surface area contributed by atoms with Gasteiger partial charge in [-0.1, -0.05) is 48.5 Å². The maximum Gasteiger partial charge on any atom is 0.239 e. The van der Waals surface area contributed by atoms with Crippen molar-refractivity contribution in [3.63, 3.8) is 0 Å². The summed E-state index contributed by atoms with van der Waals surface area (Å²) in [7, 11) is 0. The molecule has 1 spiro atoms. The topological polar surface area (TPSA) is 79.9 Å². The Hall–Kier alpha value is -3.15. The van der Waals surface area contributed by atoms with Crippen LogP contribution in [0.1, 0.15) is 30.0 Å². The van der Waals surface area contributed by atoms with Crippen LogP contribution in [0.25, 0.3) is 0 Å². The molecule has 0 bridgehead atoms. The van der Waals surface area contributed by atoms with E-state index in [0.29, 0.717) is 0 Å². The number of fused-ring (bicyclic) bond motifs is 4. The van der Waals surface area contributed by atoms with Crippen LogP contribution in [0.2, 0.25) is 0 Å². The van der Waals surface area contributed by atoms with E-state index >= 15 is 0 Å². The Morgan fingerprint density at radius 2 is 1.74 bits per heavy atom. The lowest BCUT2D eigenvalue weighted by atomic mass is 9.57. The van der Waals surface area contributed by atoms with Crippen molar-refractivity contribution in [2.45, 2.75) is 30.3 Å². The van der Waals surface area contributed by atoms with Crippen LogP contribution in [0.4, 0.5) is 5.69 Å². The number of nitrogens with zero attached hydrogens (tertiary/aromatic N) is 3. The molecule has 2 fully saturated rings. The lowest BCUT2D eigenvalue weighted by Crippen LogP contribution is -2.53. The van der Waals surface area contributed by atoms with Crippen LogP contribution in [0.5, 0.6) is 0 Å². The van der Waals surface area contributed by atoms with Crippen LogP contribution < -0.4 is 5.32 Å². The Bertz CT molecular complexity index is 1000. The lowest BCUT2D eigenvalue weighted by Gasteiger charge is -2.36. The Balaban J connectivity index is 1.86. The molecule has 1 N–H and O–H groups in total. The number of anilines is 1. The van der Waals surface area contributed by atoms with Gasteiger partial charge in [0.05, 0.1) is 18.2 Å². The smallest absolute Gasteiger partial charge is 0.239 e. The van der Waals surface area contributed by atoms with E-state index in [1.807, 2.05) is 54.6 Å². The van der Waals surface area contributed by atoms with Crippen molar-refractivity contribution in [3.8, 4) is 12.1 Å². The van der Waals surface area contributed by atoms with Crippen molar-refractivity contribution in [2.75, 3.05) is 11.9 Å². The van der Waals surface area contributed by atoms with Crippen LogP contribution in [-0.4, -0.2) is 23.4 Å². The fraction of sp³-hybridized carbons (Fsp3) is 0.318. The molecule has 0 aromatic heterocycles. The summed E-state index contributed by atoms with van der Waals surface area (Å²) in [5, 5.41) is 23.8. The van der Waals surface area contributed by atoms with Crippen molar-refractivity contribution in [1.29, 1.82) is 10.5 Å². The predicted molar refractivity (Wildman–Crippen MR) is 99.3 cm³/mol. The van der Waals surface area contributed by atoms with Gasteiger partial charge in [0.15, 0.2) is 5.41 Å². The van der Waals surface area contributed by atoms with Gasteiger partial charge in [-0.3, -0.25) is 9.69 Å². The monoisotopic (exact) mass is 354 g/mol. The molecule has 1 unspecified atom stereocenters. The highest BCUT2D eigenvalue weighted by molar-refractivity contribution is 6.09. The van der Waals surface area contributed by atoms with Crippen LogP contribution in [-0.2, 0) is 10.2 Å². The number of benzene rings is 2. The number of hydrogen-bond acceptors (Lipinski definition) is 4. The molecule has 2 saturated heterocycles. The molecule has 0 saturated carbocycles. The Kier molecular flexibility index (Phi) is 3.22. The summed E-state index contributed by atoms with van der Waals surface area (Å²) in [6.07, 6.45) is 1.76. The van der Waals surface area contributed by atoms with Crippen LogP contribution >= 0.6 is 0 Å². The van der Waals surface area contributed by atoms with Crippen LogP contribution in [0.15, 0.2) is 54.6 Å². The molecule has 3 heterocycles. The molecule has 5 rings (SSSR count). The molecule has 3 aliphatic heterocycles. The Morgan fingerprint density at radius 1 is 1.04 bits per heavy atom. The third-order valence-electron chi connectivity index (χ3n) is 6.58. The number of para-hydroxylation sites is 1. The first kappa shape index (κ1) is 16.1. The molecular formula is C22H18N4O. The largest absolute Gasteiger partial charge is 0.325 e. The third kappa shape index (κ3) is 1.68. The second-order valence-corrected chi connectivity index (χ2v) is 7.55. The van der Waals surface area contributed by atoms with Gasteiger partial charge >= 0.3 is 0 Å². The van der Waals surface area contributed by atoms with Gasteiger partial charge < -0.3 is 5.32 Å². The molecule has 5 nitrogen and oxygen atoms in total. The quantitative estimate of drug-likeness (QED) is 0.853. The van der Waals surface area contributed by atoms with Crippen molar-refractivity contribution >= 4 is 11.6 Å². The van der Waals surface area contributed by atoms with Gasteiger partial charge in [0.1, 0.15) is 5.41 Å². The number of carbonyl (C=O) groups excluding carboxylic acids is 1. The highest BCUT2D eigenvalue weighted by atomic mass is 16.2. The first-order valence-corrected chi connectivity index (χ1v) is 9.25. The number of nitriles is 2. The molecule has 1 amide bonds. The van der Waals surface area contributed by atoms with Gasteiger partial charge in [0.25, 0.3) is 0 Å². The van der Waals surface area contributed by atoms with E-state index in [2.05, 4.69) is 22.4 Å². The molecule has 5 heteroatoms. The number of amides is 1. The minimum absolute atomic E-state index is 0.161. The molecule has 3 atom stereocenters. The maximum atomic E-state index is 13.5. The molecule has 3 aliphatic rings. The standard InChI is InChI=1S/C22H18N4O/c23-13-21(14-24)19(15-7-2-1-3-8-15)26-12-6-11-18(26)22(21)16-9-4-5-10-17(16)25-20(22)27/h1-5,7-10,18-19H,6,11-12H2,(H,25,27)/t18?,19-,22+/m1/s1. The molecule has 132 valence electrons. The van der Waals surface area contributed by atoms with E-state index in [-0.39, 0.29) is 11.9 Å². The number of nitrogens with one attached hydrogen (secondary N) is 1. The van der Waals surface area contributed by atoms with Crippen molar-refractivity contribution in [1.82, 2.24) is 4.90 Å². The summed E-state index contributed by atoms with van der Waals surface area (Å²) in [5.74, 6) is -0.220. The normalized spacial score (nSPS) is 30.4. The lowest BCUT2D eigenvalue weighted by molar-refractivity contribution is -0.123. The summed E-state index contributed by atoms with van der Waals surface area (Å²) in [5.41, 5.74) is -0.242. The summed E-state index contributed by atoms with van der Waals surface area (Å²) < 4.78 is 0. The third-order valence-corrected chi connectivity index (χ3v) is 6.58. The molecule has 2 aromatic carbocycles. The average molecular weight is 354 g/mol. The zero-order valence-electron chi connectivity index (χ0n) is 14.7. The zero-order chi connectivity index (χ0) is 18.6. The Morgan fingerprint density at radius 3 is 2.48 bits per heavy atom. The summed E-state index contributed by atoms with van der Waals surface area (Å²) in [4.78, 5) is 15.7. The molecule has 27 heavy (non-hydrogen) atoms. The second kappa shape index (κ2) is 5.42. The number of hydrogen-bond donors (Lipinski definition) is 1. The highest BCUT2D eigenvalue weighted by Gasteiger charge is 2.76. The first-order valence-electron chi connectivity index (χ1n) is 9.25. The van der Waals surface area contributed by atoms with Gasteiger partial charge in [-0.2, -0.15) is 10.5 Å². The Labute approximate surface area is 157 Å². The van der Waals surface area contributed by atoms with Gasteiger partial charge in [-0.05, 0) is 36.6 Å². The van der Waals surface area contributed by atoms with Gasteiger partial charge in [-0.25, -0.2) is 0 Å². The van der Waals surface area contributed by atoms with Crippen LogP contribution in [0.3, 0.4) is 0 Å². The SMILES string of the molecule is N#CC1(C#N)[C@@H](c2ccccc2)N2CCCC2[C@@]12C(=O)Nc1ccccc12. The van der Waals surface area contributed by atoms with E-state index in [1.165, 1.54) is 0 Å². The zero-order valence-corrected chi connectivity index (χ0v) is 14.7. The average Bonchev–Trinajstić information content (AvgIpc) is 3.35. The fourth-order valence-electron chi connectivity index (χ4n) is 5.69. The molecule has 0 radical (unpaired) electrons. The predicted octanol–water partition coefficient (Wildman–Crippen LogP) is 3.13. The van der Waals surface area contributed by atoms with Crippen molar-refractivity contribution < 1.29 is 4.79 Å². The van der Waals surface area contributed by atoms with Crippen molar-refractivity contribution in [3.05, 3.63) is 65.7 Å². The summed E-state index contributed by atoms with van der Waals surface area (Å²) >= 11 is 0. The molecule has 0 aliphatic carbocycles. The summed E-state index contributed by atoms with van der Waals surface area (Å²) in [6.45, 7) is 0.784. The van der Waals surface area contributed by atoms with Gasteiger partial charge in [0.2, 0.25) is 5.91 Å². The maximum absolute atomic E-state index is 13.5. The van der Waals surface area contributed by atoms with Gasteiger partial charge in [0, 0.05) is 11.7 Å². The summed E-state index contributed by atoms with van der Waals surface area (Å²) in [6, 6.07) is 21.3. The highest BCUT2D eigenvalue weighted by Crippen LogP contribution is 2.66. The van der Waals surface area contributed by atoms with E-state index in [9.17, 15) is 15.3 Å². The fourth-order valence-corrected chi connectivity index (χ4v) is 5.69. The van der Waals surface area contributed by atoms with Gasteiger partial charge in [-0.15, -0.1) is 0 Å². The van der Waals surface area contributed by atoms with E-state index < -0.39 is 16.9 Å². The van der Waals surface area contributed by atoms with Crippen molar-refractivity contribution in [2.24, 2.45) is 5.41 Å². The molecule has 2 aromatic rings. The second-order valence-electron chi connectivity index (χ2n) is 7.55. The van der Waals surface area contributed by atoms with E-state index in [1.54, 1.807) is 0 Å². The minimum Gasteiger partial charge on any atom is -0.325 e. The van der Waals surface area contributed by atoms with Crippen LogP contribution in [0, 0.1) is 28.1 Å². The van der Waals surface area contributed by atoms with E-state index in [4.69, 9.17) is 0 Å².